The van der Waals surface area contributed by atoms with Crippen LogP contribution in [0.2, 0.25) is 5.02 Å². The Morgan fingerprint density at radius 1 is 1.26 bits per heavy atom. The largest absolute Gasteiger partial charge is 0.454 e. The maximum atomic E-state index is 12.6. The molecule has 1 aromatic carbocycles. The molecule has 1 fully saturated rings. The molecule has 0 bridgehead atoms. The number of ether oxygens (including phenoxy) is 2. The minimum Gasteiger partial charge on any atom is -0.454 e. The van der Waals surface area contributed by atoms with Gasteiger partial charge >= 0.3 is 0 Å². The summed E-state index contributed by atoms with van der Waals surface area (Å²) < 4.78 is 10.6. The Morgan fingerprint density at radius 3 is 2.84 bits per heavy atom. The van der Waals surface area contributed by atoms with Crippen LogP contribution in [0.3, 0.4) is 0 Å². The smallest absolute Gasteiger partial charge is 0.231 e. The Morgan fingerprint density at radius 2 is 2.05 bits per heavy atom. The topological polar surface area (TPSA) is 35.5 Å². The fourth-order valence-electron chi connectivity index (χ4n) is 3.03. The molecule has 4 heteroatoms. The minimum atomic E-state index is 0.116. The highest BCUT2D eigenvalue weighted by Crippen LogP contribution is 2.41. The van der Waals surface area contributed by atoms with Gasteiger partial charge in [-0.3, -0.25) is 4.79 Å². The number of carbonyl (C=O) groups is 1. The Balaban J connectivity index is 1.89. The van der Waals surface area contributed by atoms with Crippen LogP contribution < -0.4 is 9.47 Å². The van der Waals surface area contributed by atoms with E-state index in [-0.39, 0.29) is 18.5 Å². The average Bonchev–Trinajstić information content (AvgIpc) is 2.87. The van der Waals surface area contributed by atoms with Gasteiger partial charge in [-0.25, -0.2) is 0 Å². The third-order valence-electron chi connectivity index (χ3n) is 4.16. The van der Waals surface area contributed by atoms with Gasteiger partial charge in [-0.05, 0) is 24.5 Å². The van der Waals surface area contributed by atoms with Crippen LogP contribution in [-0.4, -0.2) is 12.6 Å². The van der Waals surface area contributed by atoms with E-state index in [4.69, 9.17) is 21.1 Å². The van der Waals surface area contributed by atoms with Crippen molar-refractivity contribution >= 4 is 17.4 Å². The van der Waals surface area contributed by atoms with Crippen LogP contribution in [0.1, 0.15) is 43.0 Å². The molecule has 0 N–H and O–H groups in total. The predicted octanol–water partition coefficient (Wildman–Crippen LogP) is 4.08. The van der Waals surface area contributed by atoms with Crippen LogP contribution >= 0.6 is 11.6 Å². The minimum absolute atomic E-state index is 0.116. The Kier molecular flexibility index (Phi) is 3.40. The number of benzene rings is 1. The van der Waals surface area contributed by atoms with E-state index in [9.17, 15) is 4.79 Å². The van der Waals surface area contributed by atoms with Gasteiger partial charge in [0, 0.05) is 11.5 Å². The number of halogens is 1. The number of ketones is 1. The molecule has 3 rings (SSSR count). The summed E-state index contributed by atoms with van der Waals surface area (Å²) in [4.78, 5) is 12.6. The highest BCUT2D eigenvalue weighted by atomic mass is 35.5. The number of fused-ring (bicyclic) bond motifs is 1. The summed E-state index contributed by atoms with van der Waals surface area (Å²) in [5.74, 6) is 1.89. The van der Waals surface area contributed by atoms with Crippen molar-refractivity contribution in [1.82, 2.24) is 0 Å². The molecule has 102 valence electrons. The summed E-state index contributed by atoms with van der Waals surface area (Å²) in [5, 5.41) is 0.460. The molecule has 3 nitrogen and oxygen atoms in total. The molecule has 0 radical (unpaired) electrons. The fourth-order valence-corrected chi connectivity index (χ4v) is 3.29. The van der Waals surface area contributed by atoms with Crippen molar-refractivity contribution in [2.75, 3.05) is 6.79 Å². The lowest BCUT2D eigenvalue weighted by Gasteiger charge is -2.27. The van der Waals surface area contributed by atoms with Gasteiger partial charge < -0.3 is 9.47 Å². The lowest BCUT2D eigenvalue weighted by atomic mass is 9.76. The van der Waals surface area contributed by atoms with Crippen LogP contribution in [0.25, 0.3) is 0 Å². The number of carbonyl (C=O) groups excluding carboxylic acids is 1. The van der Waals surface area contributed by atoms with E-state index in [1.54, 1.807) is 12.1 Å². The van der Waals surface area contributed by atoms with Crippen LogP contribution in [0.5, 0.6) is 11.5 Å². The third-order valence-corrected chi connectivity index (χ3v) is 4.44. The van der Waals surface area contributed by atoms with Gasteiger partial charge in [0.15, 0.2) is 17.3 Å². The maximum Gasteiger partial charge on any atom is 0.231 e. The number of hydrogen-bond acceptors (Lipinski definition) is 3. The quantitative estimate of drug-likeness (QED) is 0.766. The molecule has 1 aliphatic heterocycles. The molecule has 1 heterocycles. The van der Waals surface area contributed by atoms with Crippen LogP contribution in [0, 0.1) is 11.8 Å². The second kappa shape index (κ2) is 5.04. The Hall–Kier alpha value is -1.22. The van der Waals surface area contributed by atoms with Crippen molar-refractivity contribution in [3.05, 3.63) is 22.7 Å². The molecule has 0 aromatic heterocycles. The Bertz CT molecular complexity index is 512. The number of hydrogen-bond donors (Lipinski definition) is 0. The van der Waals surface area contributed by atoms with E-state index < -0.39 is 0 Å². The van der Waals surface area contributed by atoms with E-state index in [1.807, 2.05) is 0 Å². The first-order chi connectivity index (χ1) is 9.16. The van der Waals surface area contributed by atoms with E-state index in [0.717, 1.165) is 19.3 Å². The normalized spacial score (nSPS) is 25.4. The Labute approximate surface area is 117 Å². The molecule has 0 spiro atoms. The number of Topliss-reactive ketones (excluding diaryl/α,β-unsaturated/α-hetero) is 1. The summed E-state index contributed by atoms with van der Waals surface area (Å²) in [6, 6.07) is 3.47. The summed E-state index contributed by atoms with van der Waals surface area (Å²) in [6.45, 7) is 2.34. The highest BCUT2D eigenvalue weighted by Gasteiger charge is 2.30. The van der Waals surface area contributed by atoms with Crippen LogP contribution in [-0.2, 0) is 0 Å². The zero-order chi connectivity index (χ0) is 13.4. The van der Waals surface area contributed by atoms with E-state index >= 15 is 0 Å². The van der Waals surface area contributed by atoms with Gasteiger partial charge in [0.05, 0.1) is 5.02 Å². The number of rotatable bonds is 2. The molecule has 0 unspecified atom stereocenters. The summed E-state index contributed by atoms with van der Waals surface area (Å²) in [6.07, 6.45) is 4.48. The second-order valence-corrected chi connectivity index (χ2v) is 5.83. The first-order valence-electron chi connectivity index (χ1n) is 6.80. The van der Waals surface area contributed by atoms with Gasteiger partial charge in [-0.1, -0.05) is 37.8 Å². The summed E-state index contributed by atoms with van der Waals surface area (Å²) in [5.41, 5.74) is 0.646. The standard InChI is InChI=1S/C15H17ClO3/c1-9-4-2-3-5-11(9)14(17)10-6-12(16)15-13(7-10)18-8-19-15/h6-7,9,11H,2-5,8H2,1H3/t9-,11-/m0/s1. The van der Waals surface area contributed by atoms with Crippen molar-refractivity contribution in [3.8, 4) is 11.5 Å². The van der Waals surface area contributed by atoms with Gasteiger partial charge in [-0.15, -0.1) is 0 Å². The zero-order valence-electron chi connectivity index (χ0n) is 10.9. The fraction of sp³-hybridized carbons (Fsp3) is 0.533. The molecular weight excluding hydrogens is 264 g/mol. The van der Waals surface area contributed by atoms with Crippen molar-refractivity contribution in [2.24, 2.45) is 11.8 Å². The van der Waals surface area contributed by atoms with Crippen LogP contribution in [0.4, 0.5) is 0 Å². The van der Waals surface area contributed by atoms with Crippen molar-refractivity contribution in [1.29, 1.82) is 0 Å². The summed E-state index contributed by atoms with van der Waals surface area (Å²) >= 11 is 6.14. The highest BCUT2D eigenvalue weighted by molar-refractivity contribution is 6.32. The van der Waals surface area contributed by atoms with E-state index in [1.165, 1.54) is 6.42 Å². The summed E-state index contributed by atoms with van der Waals surface area (Å²) in [7, 11) is 0. The monoisotopic (exact) mass is 280 g/mol. The molecule has 0 saturated heterocycles. The first-order valence-corrected chi connectivity index (χ1v) is 7.18. The van der Waals surface area contributed by atoms with E-state index in [0.29, 0.717) is 28.0 Å². The molecule has 2 aliphatic rings. The van der Waals surface area contributed by atoms with Gasteiger partial charge in [0.2, 0.25) is 6.79 Å². The van der Waals surface area contributed by atoms with Crippen molar-refractivity contribution in [3.63, 3.8) is 0 Å². The van der Waals surface area contributed by atoms with Gasteiger partial charge in [0.1, 0.15) is 0 Å². The molecule has 0 amide bonds. The average molecular weight is 281 g/mol. The van der Waals surface area contributed by atoms with Crippen molar-refractivity contribution in [2.45, 2.75) is 32.6 Å². The van der Waals surface area contributed by atoms with Gasteiger partial charge in [-0.2, -0.15) is 0 Å². The maximum absolute atomic E-state index is 12.6. The van der Waals surface area contributed by atoms with Crippen molar-refractivity contribution < 1.29 is 14.3 Å². The lowest BCUT2D eigenvalue weighted by Crippen LogP contribution is -2.25. The first kappa shape index (κ1) is 12.8. The third kappa shape index (κ3) is 2.32. The molecule has 19 heavy (non-hydrogen) atoms. The zero-order valence-corrected chi connectivity index (χ0v) is 11.7. The molecule has 1 aromatic rings. The van der Waals surface area contributed by atoms with Gasteiger partial charge in [0.25, 0.3) is 0 Å². The molecule has 1 aliphatic carbocycles. The molecule has 2 atom stereocenters. The lowest BCUT2D eigenvalue weighted by molar-refractivity contribution is 0.0837. The SMILES string of the molecule is C[C@H]1CCCC[C@@H]1C(=O)c1cc(Cl)c2c(c1)OCO2. The predicted molar refractivity (Wildman–Crippen MR) is 73.0 cm³/mol. The van der Waals surface area contributed by atoms with Crippen LogP contribution in [0.15, 0.2) is 12.1 Å². The second-order valence-electron chi connectivity index (χ2n) is 5.42. The molecule has 1 saturated carbocycles. The molecular formula is C15H17ClO3. The van der Waals surface area contributed by atoms with E-state index in [2.05, 4.69) is 6.92 Å².